The molecule has 3 nitrogen and oxygen atoms in total. The molecule has 0 atom stereocenters. The highest BCUT2D eigenvalue weighted by Gasteiger charge is 1.87. The minimum absolute atomic E-state index is 0.289. The average Bonchev–Trinajstić information content (AvgIpc) is 2.04. The van der Waals surface area contributed by atoms with E-state index >= 15 is 0 Å². The van der Waals surface area contributed by atoms with Gasteiger partial charge in [0.25, 0.3) is 0 Å². The highest BCUT2D eigenvalue weighted by atomic mass is 15.0. The van der Waals surface area contributed by atoms with Crippen LogP contribution in [0.2, 0.25) is 0 Å². The third-order valence-corrected chi connectivity index (χ3v) is 1.38. The Hall–Kier alpha value is -1.64. The molecular weight excluding hydrogens is 138 g/mol. The van der Waals surface area contributed by atoms with Crippen molar-refractivity contribution in [3.05, 3.63) is 36.0 Å². The molecular formula is C8H9N3. The molecule has 0 spiro atoms. The van der Waals surface area contributed by atoms with E-state index in [2.05, 4.69) is 6.58 Å². The molecule has 2 N–H and O–H groups in total. The summed E-state index contributed by atoms with van der Waals surface area (Å²) in [7, 11) is 0. The number of rotatable bonds is 2. The van der Waals surface area contributed by atoms with Crippen molar-refractivity contribution in [2.45, 2.75) is 0 Å². The lowest BCUT2D eigenvalue weighted by Gasteiger charge is -1.97. The SMILES string of the molecule is C=Cc1ccn(C=N)c(=N)c1. The smallest absolute Gasteiger partial charge is 0.130 e. The van der Waals surface area contributed by atoms with Crippen LogP contribution in [0.15, 0.2) is 24.9 Å². The van der Waals surface area contributed by atoms with Crippen molar-refractivity contribution in [1.29, 1.82) is 10.8 Å². The van der Waals surface area contributed by atoms with E-state index in [1.54, 1.807) is 24.4 Å². The van der Waals surface area contributed by atoms with Crippen molar-refractivity contribution in [2.24, 2.45) is 0 Å². The van der Waals surface area contributed by atoms with Crippen molar-refractivity contribution in [2.75, 3.05) is 0 Å². The van der Waals surface area contributed by atoms with Crippen LogP contribution in [0.25, 0.3) is 6.08 Å². The van der Waals surface area contributed by atoms with Gasteiger partial charge in [-0.25, -0.2) is 0 Å². The Labute approximate surface area is 64.6 Å². The van der Waals surface area contributed by atoms with Gasteiger partial charge in [-0.2, -0.15) is 0 Å². The molecule has 0 aliphatic carbocycles. The van der Waals surface area contributed by atoms with Crippen LogP contribution in [0.4, 0.5) is 0 Å². The quantitative estimate of drug-likeness (QED) is 0.464. The first-order valence-corrected chi connectivity index (χ1v) is 3.17. The Balaban J connectivity index is 3.30. The van der Waals surface area contributed by atoms with E-state index in [0.717, 1.165) is 11.9 Å². The zero-order chi connectivity index (χ0) is 8.27. The van der Waals surface area contributed by atoms with Crippen molar-refractivity contribution in [3.8, 4) is 0 Å². The van der Waals surface area contributed by atoms with E-state index in [-0.39, 0.29) is 5.49 Å². The summed E-state index contributed by atoms with van der Waals surface area (Å²) in [6.45, 7) is 3.58. The molecule has 0 bridgehead atoms. The van der Waals surface area contributed by atoms with Gasteiger partial charge in [0.1, 0.15) is 5.49 Å². The molecule has 0 aromatic carbocycles. The third kappa shape index (κ3) is 1.43. The third-order valence-electron chi connectivity index (χ3n) is 1.38. The van der Waals surface area contributed by atoms with Crippen molar-refractivity contribution in [3.63, 3.8) is 0 Å². The molecule has 0 amide bonds. The molecule has 1 rings (SSSR count). The van der Waals surface area contributed by atoms with E-state index in [9.17, 15) is 0 Å². The summed E-state index contributed by atoms with van der Waals surface area (Å²) in [5.41, 5.74) is 1.19. The molecule has 56 valence electrons. The Morgan fingerprint density at radius 3 is 2.73 bits per heavy atom. The topological polar surface area (TPSA) is 52.6 Å². The minimum Gasteiger partial charge on any atom is -0.293 e. The molecule has 11 heavy (non-hydrogen) atoms. The summed E-state index contributed by atoms with van der Waals surface area (Å²) >= 11 is 0. The van der Waals surface area contributed by atoms with E-state index in [1.807, 2.05) is 0 Å². The molecule has 3 heteroatoms. The highest BCUT2D eigenvalue weighted by Crippen LogP contribution is 1.93. The van der Waals surface area contributed by atoms with Crippen LogP contribution >= 0.6 is 0 Å². The summed E-state index contributed by atoms with van der Waals surface area (Å²) in [5.74, 6) is 0. The predicted molar refractivity (Wildman–Crippen MR) is 44.6 cm³/mol. The summed E-state index contributed by atoms with van der Waals surface area (Å²) in [6.07, 6.45) is 4.42. The Kier molecular flexibility index (Phi) is 2.01. The summed E-state index contributed by atoms with van der Waals surface area (Å²) in [6, 6.07) is 3.45. The lowest BCUT2D eigenvalue weighted by atomic mass is 10.3. The first kappa shape index (κ1) is 7.47. The summed E-state index contributed by atoms with van der Waals surface area (Å²) in [5, 5.41) is 14.3. The van der Waals surface area contributed by atoms with Gasteiger partial charge in [0.2, 0.25) is 0 Å². The second kappa shape index (κ2) is 2.96. The zero-order valence-electron chi connectivity index (χ0n) is 6.04. The molecule has 0 radical (unpaired) electrons. The van der Waals surface area contributed by atoms with Crippen molar-refractivity contribution in [1.82, 2.24) is 4.57 Å². The lowest BCUT2D eigenvalue weighted by Crippen LogP contribution is -2.17. The summed E-state index contributed by atoms with van der Waals surface area (Å²) < 4.78 is 1.41. The lowest BCUT2D eigenvalue weighted by molar-refractivity contribution is 0.985. The fourth-order valence-electron chi connectivity index (χ4n) is 0.767. The van der Waals surface area contributed by atoms with E-state index in [4.69, 9.17) is 10.8 Å². The number of aromatic nitrogens is 1. The van der Waals surface area contributed by atoms with Crippen LogP contribution in [-0.4, -0.2) is 10.9 Å². The molecule has 0 saturated carbocycles. The first-order chi connectivity index (χ1) is 5.27. The van der Waals surface area contributed by atoms with E-state index < -0.39 is 0 Å². The van der Waals surface area contributed by atoms with Crippen molar-refractivity contribution >= 4 is 12.4 Å². The van der Waals surface area contributed by atoms with Crippen LogP contribution in [-0.2, 0) is 0 Å². The molecule has 1 aromatic rings. The van der Waals surface area contributed by atoms with E-state index in [1.165, 1.54) is 4.57 Å². The maximum Gasteiger partial charge on any atom is 0.130 e. The molecule has 0 aliphatic heterocycles. The van der Waals surface area contributed by atoms with Gasteiger partial charge in [-0.05, 0) is 17.7 Å². The molecule has 0 aliphatic rings. The van der Waals surface area contributed by atoms with E-state index in [0.29, 0.717) is 0 Å². The monoisotopic (exact) mass is 147 g/mol. The van der Waals surface area contributed by atoms with Crippen LogP contribution in [0, 0.1) is 10.8 Å². The Morgan fingerprint density at radius 1 is 1.55 bits per heavy atom. The largest absolute Gasteiger partial charge is 0.293 e. The maximum absolute atomic E-state index is 7.38. The summed E-state index contributed by atoms with van der Waals surface area (Å²) in [4.78, 5) is 0. The molecule has 0 fully saturated rings. The zero-order valence-corrected chi connectivity index (χ0v) is 6.04. The Bertz CT molecular complexity index is 335. The fraction of sp³-hybridized carbons (Fsp3) is 0. The van der Waals surface area contributed by atoms with Crippen LogP contribution in [0.5, 0.6) is 0 Å². The highest BCUT2D eigenvalue weighted by molar-refractivity contribution is 5.55. The maximum atomic E-state index is 7.38. The van der Waals surface area contributed by atoms with Gasteiger partial charge in [-0.15, -0.1) is 0 Å². The predicted octanol–water partition coefficient (Wildman–Crippen LogP) is 1.07. The second-order valence-corrected chi connectivity index (χ2v) is 2.09. The van der Waals surface area contributed by atoms with Gasteiger partial charge in [0.05, 0.1) is 6.34 Å². The van der Waals surface area contributed by atoms with Gasteiger partial charge in [0, 0.05) is 6.20 Å². The molecule has 0 saturated heterocycles. The van der Waals surface area contributed by atoms with Crippen LogP contribution in [0.3, 0.4) is 0 Å². The number of nitrogens with zero attached hydrogens (tertiary/aromatic N) is 1. The number of pyridine rings is 1. The second-order valence-electron chi connectivity index (χ2n) is 2.09. The van der Waals surface area contributed by atoms with Gasteiger partial charge in [-0.1, -0.05) is 12.7 Å². The van der Waals surface area contributed by atoms with Gasteiger partial charge < -0.3 is 0 Å². The normalized spacial score (nSPS) is 9.09. The fourth-order valence-corrected chi connectivity index (χ4v) is 0.767. The number of hydrogen-bond acceptors (Lipinski definition) is 2. The average molecular weight is 147 g/mol. The van der Waals surface area contributed by atoms with Gasteiger partial charge in [0.15, 0.2) is 0 Å². The Morgan fingerprint density at radius 2 is 2.27 bits per heavy atom. The van der Waals surface area contributed by atoms with Crippen LogP contribution in [0.1, 0.15) is 5.56 Å². The van der Waals surface area contributed by atoms with Crippen molar-refractivity contribution < 1.29 is 0 Å². The molecule has 1 aromatic heterocycles. The molecule has 1 heterocycles. The number of hydrogen-bond donors (Lipinski definition) is 2. The van der Waals surface area contributed by atoms with Gasteiger partial charge in [-0.3, -0.25) is 15.4 Å². The number of nitrogens with one attached hydrogen (secondary N) is 2. The van der Waals surface area contributed by atoms with Crippen LogP contribution < -0.4 is 5.49 Å². The first-order valence-electron chi connectivity index (χ1n) is 3.17. The molecule has 0 unspecified atom stereocenters. The minimum atomic E-state index is 0.289. The van der Waals surface area contributed by atoms with Gasteiger partial charge >= 0.3 is 0 Å². The standard InChI is InChI=1S/C8H9N3/c1-2-7-3-4-11(6-9)8(10)5-7/h2-6,9-10H,1H2.